The number of anilines is 1. The number of carbonyl (C=O) groups is 1. The minimum Gasteiger partial charge on any atom is -0.486 e. The molecule has 34 heavy (non-hydrogen) atoms. The van der Waals surface area contributed by atoms with Gasteiger partial charge in [-0.2, -0.15) is 0 Å². The fourth-order valence-corrected chi connectivity index (χ4v) is 5.34. The second-order valence-electron chi connectivity index (χ2n) is 8.65. The minimum absolute atomic E-state index is 0.0330. The molecule has 8 nitrogen and oxygen atoms in total. The van der Waals surface area contributed by atoms with Crippen molar-refractivity contribution in [2.75, 3.05) is 38.2 Å². The van der Waals surface area contributed by atoms with Crippen LogP contribution in [0.2, 0.25) is 0 Å². The number of ether oxygens (including phenoxy) is 2. The van der Waals surface area contributed by atoms with Crippen molar-refractivity contribution in [3.63, 3.8) is 0 Å². The highest BCUT2D eigenvalue weighted by Gasteiger charge is 2.27. The Morgan fingerprint density at radius 1 is 1.12 bits per heavy atom. The molecular formula is C25H29N5O3S. The van der Waals surface area contributed by atoms with Crippen LogP contribution >= 0.6 is 11.8 Å². The van der Waals surface area contributed by atoms with Crippen LogP contribution in [0.1, 0.15) is 30.1 Å². The van der Waals surface area contributed by atoms with Crippen LogP contribution < -0.4 is 14.8 Å². The summed E-state index contributed by atoms with van der Waals surface area (Å²) in [6.45, 7) is 3.11. The zero-order valence-corrected chi connectivity index (χ0v) is 20.1. The van der Waals surface area contributed by atoms with Gasteiger partial charge in [-0.15, -0.1) is 10.2 Å². The van der Waals surface area contributed by atoms with Crippen LogP contribution in [0.5, 0.6) is 11.5 Å². The molecule has 1 saturated heterocycles. The lowest BCUT2D eigenvalue weighted by Crippen LogP contribution is -2.40. The molecule has 2 aliphatic heterocycles. The summed E-state index contributed by atoms with van der Waals surface area (Å²) in [5, 5.41) is 12.9. The number of hydrogen-bond donors (Lipinski definition) is 1. The predicted molar refractivity (Wildman–Crippen MR) is 131 cm³/mol. The maximum absolute atomic E-state index is 12.7. The van der Waals surface area contributed by atoms with Gasteiger partial charge in [0.1, 0.15) is 19.0 Å². The van der Waals surface area contributed by atoms with Crippen LogP contribution in [-0.2, 0) is 17.6 Å². The van der Waals surface area contributed by atoms with Crippen LogP contribution in [0.25, 0.3) is 0 Å². The summed E-state index contributed by atoms with van der Waals surface area (Å²) in [5.74, 6) is 3.48. The molecular weight excluding hydrogens is 450 g/mol. The molecule has 0 unspecified atom stereocenters. The molecule has 0 bridgehead atoms. The van der Waals surface area contributed by atoms with Gasteiger partial charge in [-0.1, -0.05) is 42.1 Å². The summed E-state index contributed by atoms with van der Waals surface area (Å²) in [4.78, 5) is 14.9. The first-order valence-corrected chi connectivity index (χ1v) is 12.6. The van der Waals surface area contributed by atoms with Gasteiger partial charge in [0, 0.05) is 37.0 Å². The quantitative estimate of drug-likeness (QED) is 0.518. The fourth-order valence-electron chi connectivity index (χ4n) is 4.46. The first-order valence-electron chi connectivity index (χ1n) is 11.6. The van der Waals surface area contributed by atoms with Crippen molar-refractivity contribution >= 4 is 23.4 Å². The second kappa shape index (κ2) is 10.5. The highest BCUT2D eigenvalue weighted by Crippen LogP contribution is 2.33. The van der Waals surface area contributed by atoms with E-state index in [4.69, 9.17) is 9.47 Å². The van der Waals surface area contributed by atoms with Crippen molar-refractivity contribution < 1.29 is 14.3 Å². The van der Waals surface area contributed by atoms with Crippen molar-refractivity contribution in [2.45, 2.75) is 29.7 Å². The van der Waals surface area contributed by atoms with Crippen molar-refractivity contribution in [3.05, 3.63) is 59.9 Å². The van der Waals surface area contributed by atoms with E-state index in [0.717, 1.165) is 48.4 Å². The van der Waals surface area contributed by atoms with Crippen molar-refractivity contribution in [1.82, 2.24) is 19.7 Å². The molecule has 178 valence electrons. The molecule has 2 aromatic carbocycles. The Labute approximate surface area is 203 Å². The summed E-state index contributed by atoms with van der Waals surface area (Å²) in [6, 6.07) is 15.9. The monoisotopic (exact) mass is 479 g/mol. The van der Waals surface area contributed by atoms with Gasteiger partial charge in [-0.3, -0.25) is 9.69 Å². The molecule has 1 N–H and O–H groups in total. The van der Waals surface area contributed by atoms with Crippen LogP contribution in [0, 0.1) is 0 Å². The van der Waals surface area contributed by atoms with E-state index < -0.39 is 0 Å². The van der Waals surface area contributed by atoms with Crippen molar-refractivity contribution in [1.29, 1.82) is 0 Å². The van der Waals surface area contributed by atoms with Gasteiger partial charge in [-0.05, 0) is 37.1 Å². The van der Waals surface area contributed by atoms with Gasteiger partial charge in [0.2, 0.25) is 5.91 Å². The Morgan fingerprint density at radius 3 is 2.79 bits per heavy atom. The average Bonchev–Trinajstić information content (AvgIpc) is 3.23. The number of benzene rings is 2. The normalized spacial score (nSPS) is 18.0. The molecule has 1 fully saturated rings. The van der Waals surface area contributed by atoms with E-state index in [1.165, 1.54) is 5.56 Å². The highest BCUT2D eigenvalue weighted by molar-refractivity contribution is 7.98. The molecule has 3 heterocycles. The lowest BCUT2D eigenvalue weighted by Gasteiger charge is -2.31. The average molecular weight is 480 g/mol. The maximum atomic E-state index is 12.7. The van der Waals surface area contributed by atoms with Gasteiger partial charge in [0.25, 0.3) is 0 Å². The number of nitrogens with zero attached hydrogens (tertiary/aromatic N) is 4. The zero-order chi connectivity index (χ0) is 23.3. The third-order valence-corrected chi connectivity index (χ3v) is 7.23. The van der Waals surface area contributed by atoms with E-state index in [-0.39, 0.29) is 11.8 Å². The Kier molecular flexibility index (Phi) is 7.01. The Hall–Kier alpha value is -3.04. The molecule has 5 rings (SSSR count). The Balaban J connectivity index is 1.16. The van der Waals surface area contributed by atoms with Crippen LogP contribution in [-0.4, -0.2) is 58.4 Å². The molecule has 9 heteroatoms. The molecule has 0 radical (unpaired) electrons. The smallest absolute Gasteiger partial charge is 0.238 e. The molecule has 0 saturated carbocycles. The maximum Gasteiger partial charge on any atom is 0.238 e. The van der Waals surface area contributed by atoms with E-state index >= 15 is 0 Å². The van der Waals surface area contributed by atoms with Crippen LogP contribution in [0.15, 0.2) is 53.7 Å². The first-order chi connectivity index (χ1) is 16.7. The van der Waals surface area contributed by atoms with Gasteiger partial charge < -0.3 is 19.4 Å². The summed E-state index contributed by atoms with van der Waals surface area (Å²) in [6.07, 6.45) is 2.08. The third-order valence-electron chi connectivity index (χ3n) is 6.14. The summed E-state index contributed by atoms with van der Waals surface area (Å²) < 4.78 is 13.3. The van der Waals surface area contributed by atoms with Crippen molar-refractivity contribution in [3.8, 4) is 11.5 Å². The number of piperidine rings is 1. The van der Waals surface area contributed by atoms with Crippen LogP contribution in [0.3, 0.4) is 0 Å². The lowest BCUT2D eigenvalue weighted by molar-refractivity contribution is -0.117. The number of hydrogen-bond acceptors (Lipinski definition) is 7. The number of carbonyl (C=O) groups excluding carboxylic acids is 1. The fraction of sp³-hybridized carbons (Fsp3) is 0.400. The number of rotatable bonds is 7. The lowest BCUT2D eigenvalue weighted by atomic mass is 9.97. The van der Waals surface area contributed by atoms with Gasteiger partial charge in [0.15, 0.2) is 16.7 Å². The topological polar surface area (TPSA) is 81.5 Å². The Bertz CT molecular complexity index is 1140. The van der Waals surface area contributed by atoms with E-state index in [1.807, 2.05) is 31.3 Å². The predicted octanol–water partition coefficient (Wildman–Crippen LogP) is 3.70. The highest BCUT2D eigenvalue weighted by atomic mass is 32.2. The largest absolute Gasteiger partial charge is 0.486 e. The molecule has 3 aromatic rings. The summed E-state index contributed by atoms with van der Waals surface area (Å²) >= 11 is 1.70. The molecule has 1 amide bonds. The summed E-state index contributed by atoms with van der Waals surface area (Å²) in [7, 11) is 2.04. The number of nitrogens with one attached hydrogen (secondary N) is 1. The number of thioether (sulfide) groups is 1. The van der Waals surface area contributed by atoms with E-state index in [2.05, 4.69) is 49.2 Å². The summed E-state index contributed by atoms with van der Waals surface area (Å²) in [5.41, 5.74) is 1.99. The number of aromatic nitrogens is 3. The molecule has 0 aliphatic carbocycles. The second-order valence-corrected chi connectivity index (χ2v) is 9.60. The van der Waals surface area contributed by atoms with E-state index in [0.29, 0.717) is 31.3 Å². The van der Waals surface area contributed by atoms with E-state index in [1.54, 1.807) is 11.8 Å². The minimum atomic E-state index is -0.0330. The number of likely N-dealkylation sites (tertiary alicyclic amines) is 1. The van der Waals surface area contributed by atoms with Gasteiger partial charge in [-0.25, -0.2) is 0 Å². The van der Waals surface area contributed by atoms with E-state index in [9.17, 15) is 4.79 Å². The number of fused-ring (bicyclic) bond motifs is 1. The van der Waals surface area contributed by atoms with Gasteiger partial charge >= 0.3 is 0 Å². The van der Waals surface area contributed by atoms with Crippen molar-refractivity contribution in [2.24, 2.45) is 7.05 Å². The first kappa shape index (κ1) is 22.7. The SMILES string of the molecule is Cn1c(SCc2ccccc2)nnc1[C@H]1CCCN(CC(=O)Nc2ccc3c(c2)OCCO3)C1. The van der Waals surface area contributed by atoms with Crippen LogP contribution in [0.4, 0.5) is 5.69 Å². The molecule has 0 spiro atoms. The zero-order valence-electron chi connectivity index (χ0n) is 19.3. The molecule has 1 aromatic heterocycles. The standard InChI is InChI=1S/C25H29N5O3S/c1-29-24(27-28-25(29)34-17-18-6-3-2-4-7-18)19-8-5-11-30(15-19)16-23(31)26-20-9-10-21-22(14-20)33-13-12-32-21/h2-4,6-7,9-10,14,19H,5,8,11-13,15-17H2,1H3,(H,26,31)/t19-/m0/s1. The Morgan fingerprint density at radius 2 is 1.94 bits per heavy atom. The number of amides is 1. The third kappa shape index (κ3) is 5.37. The molecule has 1 atom stereocenters. The van der Waals surface area contributed by atoms with Gasteiger partial charge in [0.05, 0.1) is 6.54 Å². The molecule has 2 aliphatic rings.